The lowest BCUT2D eigenvalue weighted by atomic mass is 9.33. The molecule has 348 valence electrons. The third-order valence-corrected chi connectivity index (χ3v) is 17.2. The largest absolute Gasteiger partial charge is 0.456 e. The highest BCUT2D eigenvalue weighted by atomic mass is 16.3. The van der Waals surface area contributed by atoms with Gasteiger partial charge in [-0.05, 0) is 160 Å². The molecule has 4 nitrogen and oxygen atoms in total. The van der Waals surface area contributed by atoms with Crippen molar-refractivity contribution in [2.45, 2.75) is 143 Å². The Morgan fingerprint density at radius 2 is 1.10 bits per heavy atom. The van der Waals surface area contributed by atoms with Crippen LogP contribution in [0.5, 0.6) is 0 Å². The van der Waals surface area contributed by atoms with Gasteiger partial charge in [0, 0.05) is 50.6 Å². The number of benzene rings is 7. The quantitative estimate of drug-likeness (QED) is 0.165. The fourth-order valence-corrected chi connectivity index (χ4v) is 13.4. The summed E-state index contributed by atoms with van der Waals surface area (Å²) in [5, 5.41) is 2.28. The minimum atomic E-state index is -0.146. The number of anilines is 8. The fraction of sp³-hybridized carbons (Fsp3) is 0.344. The molecule has 7 aromatic carbocycles. The van der Waals surface area contributed by atoms with E-state index in [1.54, 1.807) is 0 Å². The molecule has 0 N–H and O–H groups in total. The van der Waals surface area contributed by atoms with Gasteiger partial charge in [0.05, 0.1) is 16.6 Å². The SMILES string of the molecule is Cc1cc(C)c2c(c1)N(c1cc3c4c(c1)N(c1cccc5oc6ccccc6c15)c1cc(C(C)(C)C)ccc1B4c1ccc(C(C)(C)C)cc1N3c1cccc(C(C)(C)C)c1)C1(C)CCCCC21C. The number of aryl methyl sites for hydroxylation is 2. The maximum absolute atomic E-state index is 6.72. The van der Waals surface area contributed by atoms with Crippen molar-refractivity contribution < 1.29 is 4.42 Å². The molecule has 0 amide bonds. The van der Waals surface area contributed by atoms with Crippen molar-refractivity contribution in [3.63, 3.8) is 0 Å². The van der Waals surface area contributed by atoms with Gasteiger partial charge in [-0.2, -0.15) is 0 Å². The standard InChI is InChI=1S/C64H68BN3O/c1-39-32-40(2)58-52(33-39)68(64(13)31-17-16-30-63(58,64)12)45-37-53-59-54(38-45)67(49-23-19-25-56-57(49)46-22-14-15-24-55(46)69-56)51-36-43(62(9,10)11)27-29-48(51)65(59)47-28-26-42(61(6,7)8)35-50(47)66(53)44-21-18-20-41(34-44)60(3,4)5/h14-15,18-29,32-38H,16-17,30-31H2,1-13H3. The summed E-state index contributed by atoms with van der Waals surface area (Å²) in [5.74, 6) is 0. The first-order valence-electron chi connectivity index (χ1n) is 25.7. The molecule has 1 aliphatic carbocycles. The van der Waals surface area contributed by atoms with Crippen molar-refractivity contribution in [2.75, 3.05) is 14.7 Å². The van der Waals surface area contributed by atoms with Crippen molar-refractivity contribution in [1.82, 2.24) is 0 Å². The Morgan fingerprint density at radius 1 is 0.507 bits per heavy atom. The molecule has 69 heavy (non-hydrogen) atoms. The highest BCUT2D eigenvalue weighted by molar-refractivity contribution is 7.00. The number of para-hydroxylation sites is 1. The van der Waals surface area contributed by atoms with Crippen LogP contribution >= 0.6 is 0 Å². The number of rotatable bonds is 3. The van der Waals surface area contributed by atoms with Crippen LogP contribution in [-0.2, 0) is 21.7 Å². The zero-order chi connectivity index (χ0) is 48.3. The van der Waals surface area contributed by atoms with Gasteiger partial charge in [0.2, 0.25) is 0 Å². The Morgan fingerprint density at radius 3 is 1.78 bits per heavy atom. The van der Waals surface area contributed by atoms with Crippen LogP contribution in [-0.4, -0.2) is 12.3 Å². The van der Waals surface area contributed by atoms with Crippen molar-refractivity contribution >= 4 is 90.5 Å². The molecule has 0 spiro atoms. The van der Waals surface area contributed by atoms with Crippen molar-refractivity contribution in [2.24, 2.45) is 0 Å². The summed E-state index contributed by atoms with van der Waals surface area (Å²) in [6.45, 7) is 30.9. The maximum atomic E-state index is 6.72. The van der Waals surface area contributed by atoms with Gasteiger partial charge in [0.1, 0.15) is 11.2 Å². The summed E-state index contributed by atoms with van der Waals surface area (Å²) in [6, 6.07) is 49.6. The Hall–Kier alpha value is -6.20. The van der Waals surface area contributed by atoms with E-state index in [4.69, 9.17) is 4.42 Å². The molecule has 0 bridgehead atoms. The summed E-state index contributed by atoms with van der Waals surface area (Å²) in [6.07, 6.45) is 4.77. The molecule has 8 aromatic rings. The molecule has 2 unspecified atom stereocenters. The summed E-state index contributed by atoms with van der Waals surface area (Å²) in [5.41, 5.74) is 23.7. The summed E-state index contributed by atoms with van der Waals surface area (Å²) >= 11 is 0. The van der Waals surface area contributed by atoms with Crippen LogP contribution < -0.4 is 31.1 Å². The van der Waals surface area contributed by atoms with Crippen LogP contribution in [0.3, 0.4) is 0 Å². The normalized spacial score (nSPS) is 19.7. The van der Waals surface area contributed by atoms with Gasteiger partial charge in [-0.3, -0.25) is 0 Å². The second kappa shape index (κ2) is 14.7. The molecule has 4 heterocycles. The van der Waals surface area contributed by atoms with E-state index in [9.17, 15) is 0 Å². The van der Waals surface area contributed by atoms with Crippen LogP contribution in [0.15, 0.2) is 132 Å². The first-order valence-corrected chi connectivity index (χ1v) is 25.7. The van der Waals surface area contributed by atoms with Crippen molar-refractivity contribution in [1.29, 1.82) is 0 Å². The van der Waals surface area contributed by atoms with E-state index in [2.05, 4.69) is 232 Å². The van der Waals surface area contributed by atoms with Crippen LogP contribution in [0.2, 0.25) is 0 Å². The molecule has 1 fully saturated rings. The molecule has 0 saturated heterocycles. The number of hydrogen-bond acceptors (Lipinski definition) is 4. The van der Waals surface area contributed by atoms with Gasteiger partial charge in [-0.25, -0.2) is 0 Å². The summed E-state index contributed by atoms with van der Waals surface area (Å²) < 4.78 is 6.72. The smallest absolute Gasteiger partial charge is 0.252 e. The van der Waals surface area contributed by atoms with E-state index in [1.807, 2.05) is 0 Å². The van der Waals surface area contributed by atoms with Crippen LogP contribution in [0.4, 0.5) is 45.5 Å². The average Bonchev–Trinajstić information content (AvgIpc) is 3.77. The second-order valence-corrected chi connectivity index (χ2v) is 24.7. The zero-order valence-corrected chi connectivity index (χ0v) is 43.3. The number of nitrogens with zero attached hydrogens (tertiary/aromatic N) is 3. The molecular formula is C64H68BN3O. The zero-order valence-electron chi connectivity index (χ0n) is 43.3. The maximum Gasteiger partial charge on any atom is 0.252 e. The molecular weight excluding hydrogens is 838 g/mol. The van der Waals surface area contributed by atoms with E-state index < -0.39 is 0 Å². The monoisotopic (exact) mass is 906 g/mol. The molecule has 4 aliphatic rings. The molecule has 0 radical (unpaired) electrons. The lowest BCUT2D eigenvalue weighted by molar-refractivity contribution is 0.194. The van der Waals surface area contributed by atoms with E-state index in [-0.39, 0.29) is 33.9 Å². The predicted octanol–water partition coefficient (Wildman–Crippen LogP) is 15.9. The topological polar surface area (TPSA) is 22.9 Å². The van der Waals surface area contributed by atoms with Crippen LogP contribution in [0.1, 0.15) is 135 Å². The van der Waals surface area contributed by atoms with Crippen LogP contribution in [0.25, 0.3) is 21.9 Å². The molecule has 2 atom stereocenters. The summed E-state index contributed by atoms with van der Waals surface area (Å²) in [4.78, 5) is 8.12. The Bertz CT molecular complexity index is 3450. The second-order valence-electron chi connectivity index (χ2n) is 24.7. The highest BCUT2D eigenvalue weighted by Crippen LogP contribution is 2.63. The predicted molar refractivity (Wildman–Crippen MR) is 296 cm³/mol. The van der Waals surface area contributed by atoms with Gasteiger partial charge in [0.25, 0.3) is 6.71 Å². The van der Waals surface area contributed by atoms with Crippen LogP contribution in [0, 0.1) is 13.8 Å². The fourth-order valence-electron chi connectivity index (χ4n) is 13.4. The lowest BCUT2D eigenvalue weighted by Crippen LogP contribution is -2.61. The Balaban J connectivity index is 1.26. The minimum absolute atomic E-state index is 0.0124. The van der Waals surface area contributed by atoms with Gasteiger partial charge >= 0.3 is 0 Å². The third-order valence-electron chi connectivity index (χ3n) is 17.2. The van der Waals surface area contributed by atoms with Gasteiger partial charge in [-0.1, -0.05) is 149 Å². The molecule has 1 saturated carbocycles. The molecule has 1 aromatic heterocycles. The first-order chi connectivity index (χ1) is 32.7. The highest BCUT2D eigenvalue weighted by Gasteiger charge is 2.59. The van der Waals surface area contributed by atoms with Gasteiger partial charge < -0.3 is 19.1 Å². The summed E-state index contributed by atoms with van der Waals surface area (Å²) in [7, 11) is 0. The van der Waals surface area contributed by atoms with E-state index in [0.29, 0.717) is 0 Å². The van der Waals surface area contributed by atoms with E-state index in [0.717, 1.165) is 34.0 Å². The van der Waals surface area contributed by atoms with Crippen molar-refractivity contribution in [3.05, 3.63) is 161 Å². The van der Waals surface area contributed by atoms with E-state index in [1.165, 1.54) is 109 Å². The average molecular weight is 906 g/mol. The molecule has 12 rings (SSSR count). The Labute approximate surface area is 411 Å². The lowest BCUT2D eigenvalue weighted by Gasteiger charge is -2.51. The number of hydrogen-bond donors (Lipinski definition) is 0. The van der Waals surface area contributed by atoms with Gasteiger partial charge in [-0.15, -0.1) is 0 Å². The first kappa shape index (κ1) is 44.0. The Kier molecular flexibility index (Phi) is 9.36. The van der Waals surface area contributed by atoms with Crippen molar-refractivity contribution in [3.8, 4) is 0 Å². The van der Waals surface area contributed by atoms with Gasteiger partial charge in [0.15, 0.2) is 0 Å². The minimum Gasteiger partial charge on any atom is -0.456 e. The molecule has 3 aliphatic heterocycles. The number of furan rings is 1. The molecule has 5 heteroatoms. The number of fused-ring (bicyclic) bond motifs is 10. The third kappa shape index (κ3) is 6.33. The van der Waals surface area contributed by atoms with E-state index >= 15 is 0 Å².